The van der Waals surface area contributed by atoms with Gasteiger partial charge in [0.2, 0.25) is 0 Å². The lowest BCUT2D eigenvalue weighted by Gasteiger charge is -2.12. The van der Waals surface area contributed by atoms with Crippen LogP contribution in [-0.4, -0.2) is 12.5 Å². The Balaban J connectivity index is 2.05. The highest BCUT2D eigenvalue weighted by atomic mass is 19.3. The Hall–Kier alpha value is -2.37. The van der Waals surface area contributed by atoms with E-state index in [0.717, 1.165) is 0 Å². The highest BCUT2D eigenvalue weighted by Gasteiger charge is 2.14. The highest BCUT2D eigenvalue weighted by molar-refractivity contribution is 5.94. The Morgan fingerprint density at radius 1 is 1.30 bits per heavy atom. The monoisotopic (exact) mass is 281 g/mol. The number of benzene rings is 1. The number of halogens is 2. The van der Waals surface area contributed by atoms with Crippen molar-refractivity contribution in [3.8, 4) is 5.75 Å². The summed E-state index contributed by atoms with van der Waals surface area (Å²) in [6.45, 7) is -1.16. The molecule has 2 aromatic rings. The summed E-state index contributed by atoms with van der Waals surface area (Å²) in [6.07, 6.45) is 1.51. The molecule has 2 rings (SSSR count). The van der Waals surface area contributed by atoms with Crippen molar-refractivity contribution in [2.24, 2.45) is 0 Å². The number of amides is 1. The maximum absolute atomic E-state index is 12.1. The number of hydrogen-bond acceptors (Lipinski definition) is 3. The van der Waals surface area contributed by atoms with E-state index in [-0.39, 0.29) is 17.4 Å². The molecule has 0 aliphatic rings. The first-order valence-corrected chi connectivity index (χ1v) is 5.95. The standard InChI is InChI=1S/C14H13F2NO3/c1-9(12-6-3-7-19-12)17-13(18)10-4-2-5-11(8-10)20-14(15)16/h2-9,14H,1H3,(H,17,18)/t9-/m0/s1. The lowest BCUT2D eigenvalue weighted by atomic mass is 10.1. The van der Waals surface area contributed by atoms with Crippen LogP contribution in [0.1, 0.15) is 29.1 Å². The van der Waals surface area contributed by atoms with Crippen molar-refractivity contribution in [1.29, 1.82) is 0 Å². The van der Waals surface area contributed by atoms with Gasteiger partial charge in [0.05, 0.1) is 12.3 Å². The van der Waals surface area contributed by atoms with Crippen molar-refractivity contribution in [2.75, 3.05) is 0 Å². The van der Waals surface area contributed by atoms with Crippen LogP contribution in [0.2, 0.25) is 0 Å². The van der Waals surface area contributed by atoms with E-state index >= 15 is 0 Å². The highest BCUT2D eigenvalue weighted by Crippen LogP contribution is 2.17. The number of furan rings is 1. The van der Waals surface area contributed by atoms with E-state index < -0.39 is 12.5 Å². The third-order valence-electron chi connectivity index (χ3n) is 2.64. The van der Waals surface area contributed by atoms with Crippen LogP contribution in [0.3, 0.4) is 0 Å². The van der Waals surface area contributed by atoms with E-state index in [1.807, 2.05) is 0 Å². The van der Waals surface area contributed by atoms with Crippen molar-refractivity contribution >= 4 is 5.91 Å². The first kappa shape index (κ1) is 14.0. The van der Waals surface area contributed by atoms with Crippen LogP contribution in [0.5, 0.6) is 5.75 Å². The summed E-state index contributed by atoms with van der Waals surface area (Å²) in [5.41, 5.74) is 0.238. The molecule has 0 unspecified atom stereocenters. The summed E-state index contributed by atoms with van der Waals surface area (Å²) in [5.74, 6) is 0.158. The van der Waals surface area contributed by atoms with Crippen LogP contribution in [0, 0.1) is 0 Å². The molecule has 0 spiro atoms. The molecule has 6 heteroatoms. The van der Waals surface area contributed by atoms with Crippen LogP contribution in [0.4, 0.5) is 8.78 Å². The first-order valence-electron chi connectivity index (χ1n) is 5.95. The van der Waals surface area contributed by atoms with E-state index in [4.69, 9.17) is 4.42 Å². The van der Waals surface area contributed by atoms with Crippen molar-refractivity contribution in [3.05, 3.63) is 54.0 Å². The fourth-order valence-corrected chi connectivity index (χ4v) is 1.70. The number of carbonyl (C=O) groups is 1. The van der Waals surface area contributed by atoms with Crippen LogP contribution in [0.15, 0.2) is 47.1 Å². The average molecular weight is 281 g/mol. The smallest absolute Gasteiger partial charge is 0.387 e. The molecule has 1 aromatic heterocycles. The predicted molar refractivity (Wildman–Crippen MR) is 67.7 cm³/mol. The second kappa shape index (κ2) is 6.18. The Labute approximate surface area is 114 Å². The molecule has 4 nitrogen and oxygen atoms in total. The van der Waals surface area contributed by atoms with Crippen LogP contribution in [-0.2, 0) is 0 Å². The third kappa shape index (κ3) is 3.57. The van der Waals surface area contributed by atoms with Gasteiger partial charge >= 0.3 is 6.61 Å². The molecule has 0 saturated carbocycles. The van der Waals surface area contributed by atoms with Gasteiger partial charge in [-0.25, -0.2) is 0 Å². The lowest BCUT2D eigenvalue weighted by molar-refractivity contribution is -0.0498. The van der Waals surface area contributed by atoms with E-state index in [2.05, 4.69) is 10.1 Å². The van der Waals surface area contributed by atoms with E-state index in [0.29, 0.717) is 5.76 Å². The van der Waals surface area contributed by atoms with Crippen LogP contribution >= 0.6 is 0 Å². The SMILES string of the molecule is C[C@H](NC(=O)c1cccc(OC(F)F)c1)c1ccco1. The summed E-state index contributed by atoms with van der Waals surface area (Å²) >= 11 is 0. The summed E-state index contributed by atoms with van der Waals surface area (Å²) in [4.78, 5) is 12.0. The zero-order valence-electron chi connectivity index (χ0n) is 10.7. The molecule has 106 valence electrons. The Kier molecular flexibility index (Phi) is 4.34. The molecule has 0 fully saturated rings. The number of hydrogen-bond donors (Lipinski definition) is 1. The fraction of sp³-hybridized carbons (Fsp3) is 0.214. The summed E-state index contributed by atoms with van der Waals surface area (Å²) < 4.78 is 33.6. The molecule has 0 aliphatic heterocycles. The quantitative estimate of drug-likeness (QED) is 0.914. The van der Waals surface area contributed by atoms with Gasteiger partial charge in [-0.1, -0.05) is 6.07 Å². The van der Waals surface area contributed by atoms with Gasteiger partial charge in [0.25, 0.3) is 5.91 Å². The third-order valence-corrected chi connectivity index (χ3v) is 2.64. The topological polar surface area (TPSA) is 51.5 Å². The molecule has 0 aliphatic carbocycles. The second-order valence-corrected chi connectivity index (χ2v) is 4.12. The van der Waals surface area contributed by atoms with Crippen molar-refractivity contribution in [3.63, 3.8) is 0 Å². The largest absolute Gasteiger partial charge is 0.467 e. The van der Waals surface area contributed by atoms with Gasteiger partial charge < -0.3 is 14.5 Å². The zero-order valence-corrected chi connectivity index (χ0v) is 10.7. The van der Waals surface area contributed by atoms with Gasteiger partial charge in [-0.05, 0) is 37.3 Å². The molecule has 1 aromatic carbocycles. The molecular weight excluding hydrogens is 268 g/mol. The van der Waals surface area contributed by atoms with E-state index in [1.165, 1.54) is 30.5 Å². The van der Waals surface area contributed by atoms with E-state index in [1.54, 1.807) is 19.1 Å². The van der Waals surface area contributed by atoms with Gasteiger partial charge in [-0.3, -0.25) is 4.79 Å². The minimum atomic E-state index is -2.92. The maximum atomic E-state index is 12.1. The van der Waals surface area contributed by atoms with Crippen molar-refractivity contribution in [2.45, 2.75) is 19.6 Å². The average Bonchev–Trinajstić information content (AvgIpc) is 2.92. The fourth-order valence-electron chi connectivity index (χ4n) is 1.70. The molecule has 1 atom stereocenters. The summed E-state index contributed by atoms with van der Waals surface area (Å²) in [7, 11) is 0. The number of nitrogens with one attached hydrogen (secondary N) is 1. The molecule has 20 heavy (non-hydrogen) atoms. The van der Waals surface area contributed by atoms with E-state index in [9.17, 15) is 13.6 Å². The number of alkyl halides is 2. The molecule has 0 bridgehead atoms. The van der Waals surface area contributed by atoms with Gasteiger partial charge in [-0.2, -0.15) is 8.78 Å². The summed E-state index contributed by atoms with van der Waals surface area (Å²) in [6, 6.07) is 8.75. The Morgan fingerprint density at radius 2 is 2.10 bits per heavy atom. The maximum Gasteiger partial charge on any atom is 0.387 e. The molecule has 1 amide bonds. The number of rotatable bonds is 5. The molecule has 0 saturated heterocycles. The lowest BCUT2D eigenvalue weighted by Crippen LogP contribution is -2.26. The second-order valence-electron chi connectivity index (χ2n) is 4.12. The van der Waals surface area contributed by atoms with Crippen molar-refractivity contribution < 1.29 is 22.7 Å². The molecule has 1 heterocycles. The molecular formula is C14H13F2NO3. The van der Waals surface area contributed by atoms with Crippen LogP contribution in [0.25, 0.3) is 0 Å². The van der Waals surface area contributed by atoms with Gasteiger partial charge in [-0.15, -0.1) is 0 Å². The normalized spacial score (nSPS) is 12.2. The Morgan fingerprint density at radius 3 is 2.75 bits per heavy atom. The summed E-state index contributed by atoms with van der Waals surface area (Å²) in [5, 5.41) is 2.70. The van der Waals surface area contributed by atoms with Gasteiger partial charge in [0, 0.05) is 5.56 Å². The number of carbonyl (C=O) groups excluding carboxylic acids is 1. The Bertz CT molecular complexity index is 570. The molecule has 1 N–H and O–H groups in total. The molecule has 0 radical (unpaired) electrons. The van der Waals surface area contributed by atoms with Crippen molar-refractivity contribution in [1.82, 2.24) is 5.32 Å². The van der Waals surface area contributed by atoms with Gasteiger partial charge in [0.1, 0.15) is 11.5 Å². The first-order chi connectivity index (χ1) is 9.56. The van der Waals surface area contributed by atoms with Crippen LogP contribution < -0.4 is 10.1 Å². The zero-order chi connectivity index (χ0) is 14.5. The number of ether oxygens (including phenoxy) is 1. The van der Waals surface area contributed by atoms with Gasteiger partial charge in [0.15, 0.2) is 0 Å². The minimum Gasteiger partial charge on any atom is -0.467 e. The predicted octanol–water partition coefficient (Wildman–Crippen LogP) is 3.37. The minimum absolute atomic E-state index is 0.0571.